The van der Waals surface area contributed by atoms with Gasteiger partial charge in [-0.1, -0.05) is 37.0 Å². The van der Waals surface area contributed by atoms with Crippen LogP contribution in [0.25, 0.3) is 0 Å². The number of benzene rings is 1. The molecule has 1 rings (SSSR count). The number of hydrogen-bond acceptors (Lipinski definition) is 1. The summed E-state index contributed by atoms with van der Waals surface area (Å²) in [5.74, 6) is 0. The van der Waals surface area contributed by atoms with Gasteiger partial charge in [0.2, 0.25) is 0 Å². The first-order valence-corrected chi connectivity index (χ1v) is 4.62. The Hall–Kier alpha value is -0.400. The van der Waals surface area contributed by atoms with Crippen molar-refractivity contribution in [3.63, 3.8) is 0 Å². The first-order chi connectivity index (χ1) is 5.74. The molecular formula is C9H13Cl2N. The average Bonchev–Trinajstić information content (AvgIpc) is 2.08. The summed E-state index contributed by atoms with van der Waals surface area (Å²) in [5, 5.41) is 4.24. The van der Waals surface area contributed by atoms with Gasteiger partial charge in [0.05, 0.1) is 10.7 Å². The van der Waals surface area contributed by atoms with Crippen LogP contribution in [-0.2, 0) is 0 Å². The molecule has 0 aliphatic heterocycles. The van der Waals surface area contributed by atoms with Crippen LogP contribution in [0.4, 0.5) is 5.69 Å². The van der Waals surface area contributed by atoms with Gasteiger partial charge in [0.1, 0.15) is 0 Å². The van der Waals surface area contributed by atoms with E-state index in [4.69, 9.17) is 23.2 Å². The Morgan fingerprint density at radius 2 is 1.75 bits per heavy atom. The van der Waals surface area contributed by atoms with Gasteiger partial charge in [0.15, 0.2) is 0 Å². The van der Waals surface area contributed by atoms with Crippen molar-refractivity contribution in [2.45, 2.75) is 13.8 Å². The van der Waals surface area contributed by atoms with Crippen molar-refractivity contribution in [1.29, 1.82) is 0 Å². The molecule has 0 spiro atoms. The molecule has 0 unspecified atom stereocenters. The molecule has 1 nitrogen and oxygen atoms in total. The normalized spacial score (nSPS) is 8.42. The van der Waals surface area contributed by atoms with E-state index in [1.165, 1.54) is 0 Å². The van der Waals surface area contributed by atoms with E-state index < -0.39 is 0 Å². The third-order valence-corrected chi connectivity index (χ3v) is 1.75. The van der Waals surface area contributed by atoms with Crippen LogP contribution >= 0.6 is 23.2 Å². The summed E-state index contributed by atoms with van der Waals surface area (Å²) < 4.78 is 0. The summed E-state index contributed by atoms with van der Waals surface area (Å²) in [5.41, 5.74) is 0.895. The van der Waals surface area contributed by atoms with Crippen LogP contribution in [0.5, 0.6) is 0 Å². The van der Waals surface area contributed by atoms with Crippen LogP contribution in [0.1, 0.15) is 13.8 Å². The second-order valence-electron chi connectivity index (χ2n) is 1.87. The third kappa shape index (κ3) is 3.33. The van der Waals surface area contributed by atoms with Gasteiger partial charge in [0.25, 0.3) is 0 Å². The van der Waals surface area contributed by atoms with E-state index in [0.29, 0.717) is 10.0 Å². The maximum atomic E-state index is 5.78. The lowest BCUT2D eigenvalue weighted by Gasteiger charge is -2.01. The SMILES string of the molecule is CC.CNc1ccc(Cl)cc1Cl. The lowest BCUT2D eigenvalue weighted by Crippen LogP contribution is -1.87. The van der Waals surface area contributed by atoms with Crippen LogP contribution < -0.4 is 5.32 Å². The molecule has 0 saturated heterocycles. The summed E-state index contributed by atoms with van der Waals surface area (Å²) in [6.07, 6.45) is 0. The van der Waals surface area contributed by atoms with E-state index >= 15 is 0 Å². The fourth-order valence-corrected chi connectivity index (χ4v) is 1.20. The van der Waals surface area contributed by atoms with Gasteiger partial charge in [-0.2, -0.15) is 0 Å². The monoisotopic (exact) mass is 205 g/mol. The van der Waals surface area contributed by atoms with Crippen molar-refractivity contribution < 1.29 is 0 Å². The van der Waals surface area contributed by atoms with E-state index in [1.54, 1.807) is 12.1 Å². The maximum absolute atomic E-state index is 5.78. The van der Waals surface area contributed by atoms with Crippen molar-refractivity contribution in [3.05, 3.63) is 28.2 Å². The van der Waals surface area contributed by atoms with Crippen molar-refractivity contribution in [2.24, 2.45) is 0 Å². The molecule has 0 atom stereocenters. The molecule has 0 fully saturated rings. The molecule has 12 heavy (non-hydrogen) atoms. The van der Waals surface area contributed by atoms with Crippen LogP contribution in [0.15, 0.2) is 18.2 Å². The highest BCUT2D eigenvalue weighted by atomic mass is 35.5. The van der Waals surface area contributed by atoms with Crippen molar-refractivity contribution >= 4 is 28.9 Å². The van der Waals surface area contributed by atoms with Crippen LogP contribution in [0.2, 0.25) is 10.0 Å². The molecule has 0 radical (unpaired) electrons. The molecule has 1 aromatic rings. The molecule has 0 amide bonds. The first-order valence-electron chi connectivity index (χ1n) is 3.87. The molecule has 0 saturated carbocycles. The molecule has 0 aromatic heterocycles. The highest BCUT2D eigenvalue weighted by molar-refractivity contribution is 6.36. The van der Waals surface area contributed by atoms with E-state index in [0.717, 1.165) is 5.69 Å². The van der Waals surface area contributed by atoms with E-state index in [2.05, 4.69) is 5.32 Å². The number of anilines is 1. The molecule has 68 valence electrons. The highest BCUT2D eigenvalue weighted by Gasteiger charge is 1.96. The van der Waals surface area contributed by atoms with Gasteiger partial charge in [-0.25, -0.2) is 0 Å². The fraction of sp³-hybridized carbons (Fsp3) is 0.333. The molecule has 3 heteroatoms. The Morgan fingerprint density at radius 3 is 2.17 bits per heavy atom. The summed E-state index contributed by atoms with van der Waals surface area (Å²) in [6.45, 7) is 4.00. The second-order valence-corrected chi connectivity index (χ2v) is 2.72. The standard InChI is InChI=1S/C7H7Cl2N.C2H6/c1-10-7-3-2-5(8)4-6(7)9;1-2/h2-4,10H,1H3;1-2H3. The average molecular weight is 206 g/mol. The Balaban J connectivity index is 0.000000561. The summed E-state index contributed by atoms with van der Waals surface area (Å²) >= 11 is 11.4. The Bertz CT molecular complexity index is 236. The quantitative estimate of drug-likeness (QED) is 0.730. The molecular weight excluding hydrogens is 193 g/mol. The first kappa shape index (κ1) is 11.6. The van der Waals surface area contributed by atoms with Crippen molar-refractivity contribution in [3.8, 4) is 0 Å². The van der Waals surface area contributed by atoms with Gasteiger partial charge in [-0.3, -0.25) is 0 Å². The molecule has 0 bridgehead atoms. The smallest absolute Gasteiger partial charge is 0.0652 e. The zero-order chi connectivity index (χ0) is 9.56. The summed E-state index contributed by atoms with van der Waals surface area (Å²) in [6, 6.07) is 5.33. The lowest BCUT2D eigenvalue weighted by atomic mass is 10.3. The van der Waals surface area contributed by atoms with E-state index in [9.17, 15) is 0 Å². The predicted molar refractivity (Wildman–Crippen MR) is 57.4 cm³/mol. The van der Waals surface area contributed by atoms with Gasteiger partial charge in [0, 0.05) is 12.1 Å². The minimum atomic E-state index is 0.648. The molecule has 1 aromatic carbocycles. The second kappa shape index (κ2) is 6.15. The molecule has 1 N–H and O–H groups in total. The maximum Gasteiger partial charge on any atom is 0.0652 e. The van der Waals surface area contributed by atoms with Gasteiger partial charge in [-0.15, -0.1) is 0 Å². The highest BCUT2D eigenvalue weighted by Crippen LogP contribution is 2.24. The van der Waals surface area contributed by atoms with Crippen molar-refractivity contribution in [2.75, 3.05) is 12.4 Å². The molecule has 0 aliphatic carbocycles. The number of rotatable bonds is 1. The van der Waals surface area contributed by atoms with Gasteiger partial charge < -0.3 is 5.32 Å². The molecule has 0 heterocycles. The summed E-state index contributed by atoms with van der Waals surface area (Å²) in [7, 11) is 1.81. The summed E-state index contributed by atoms with van der Waals surface area (Å²) in [4.78, 5) is 0. The van der Waals surface area contributed by atoms with Gasteiger partial charge in [-0.05, 0) is 18.2 Å². The Labute approximate surface area is 83.7 Å². The number of hydrogen-bond donors (Lipinski definition) is 1. The minimum Gasteiger partial charge on any atom is -0.387 e. The number of nitrogens with one attached hydrogen (secondary N) is 1. The van der Waals surface area contributed by atoms with Crippen LogP contribution in [0, 0.1) is 0 Å². The van der Waals surface area contributed by atoms with Gasteiger partial charge >= 0.3 is 0 Å². The Morgan fingerprint density at radius 1 is 1.17 bits per heavy atom. The molecule has 0 aliphatic rings. The third-order valence-electron chi connectivity index (χ3n) is 1.20. The van der Waals surface area contributed by atoms with Crippen LogP contribution in [-0.4, -0.2) is 7.05 Å². The van der Waals surface area contributed by atoms with E-state index in [-0.39, 0.29) is 0 Å². The lowest BCUT2D eigenvalue weighted by molar-refractivity contribution is 1.50. The topological polar surface area (TPSA) is 12.0 Å². The zero-order valence-electron chi connectivity index (χ0n) is 7.49. The largest absolute Gasteiger partial charge is 0.387 e. The predicted octanol–water partition coefficient (Wildman–Crippen LogP) is 4.06. The van der Waals surface area contributed by atoms with Crippen LogP contribution in [0.3, 0.4) is 0 Å². The zero-order valence-corrected chi connectivity index (χ0v) is 9.00. The van der Waals surface area contributed by atoms with Crippen molar-refractivity contribution in [1.82, 2.24) is 0 Å². The Kier molecular flexibility index (Phi) is 5.95. The number of halogens is 2. The minimum absolute atomic E-state index is 0.648. The fourth-order valence-electron chi connectivity index (χ4n) is 0.692. The van der Waals surface area contributed by atoms with E-state index in [1.807, 2.05) is 27.0 Å².